The van der Waals surface area contributed by atoms with Crippen molar-refractivity contribution in [1.82, 2.24) is 25.5 Å². The third kappa shape index (κ3) is 3.85. The largest absolute Gasteiger partial charge is 0.382 e. The first-order chi connectivity index (χ1) is 9.70. The Hall–Kier alpha value is -1.79. The fourth-order valence-electron chi connectivity index (χ4n) is 1.85. The van der Waals surface area contributed by atoms with E-state index in [4.69, 9.17) is 4.74 Å². The van der Waals surface area contributed by atoms with E-state index in [1.54, 1.807) is 11.9 Å². The molecule has 1 aromatic carbocycles. The highest BCUT2D eigenvalue weighted by Gasteiger charge is 2.15. The summed E-state index contributed by atoms with van der Waals surface area (Å²) >= 11 is 0. The van der Waals surface area contributed by atoms with Crippen LogP contribution in [0.3, 0.4) is 0 Å². The Bertz CT molecular complexity index is 511. The maximum atomic E-state index is 5.24. The topological polar surface area (TPSA) is 64.9 Å². The fraction of sp³-hybridized carbons (Fsp3) is 0.500. The van der Waals surface area contributed by atoms with Crippen LogP contribution in [0.4, 0.5) is 0 Å². The lowest BCUT2D eigenvalue weighted by Crippen LogP contribution is -2.33. The quantitative estimate of drug-likeness (QED) is 0.830. The minimum Gasteiger partial charge on any atom is -0.382 e. The average Bonchev–Trinajstić information content (AvgIpc) is 2.94. The molecular formula is C14H21N5O. The normalized spacial score (nSPS) is 12.8. The summed E-state index contributed by atoms with van der Waals surface area (Å²) in [5.41, 5.74) is 0.965. The van der Waals surface area contributed by atoms with E-state index in [2.05, 4.69) is 34.6 Å². The summed E-state index contributed by atoms with van der Waals surface area (Å²) in [4.78, 5) is 1.63. The number of rotatable bonds is 7. The average molecular weight is 275 g/mol. The van der Waals surface area contributed by atoms with E-state index in [0.717, 1.165) is 12.1 Å². The van der Waals surface area contributed by atoms with Gasteiger partial charge in [-0.15, -0.1) is 10.2 Å². The van der Waals surface area contributed by atoms with Gasteiger partial charge in [-0.1, -0.05) is 44.2 Å². The Labute approximate surface area is 119 Å². The highest BCUT2D eigenvalue weighted by Crippen LogP contribution is 2.13. The van der Waals surface area contributed by atoms with Gasteiger partial charge in [-0.2, -0.15) is 4.80 Å². The molecule has 6 nitrogen and oxygen atoms in total. The number of methoxy groups -OCH3 is 1. The maximum absolute atomic E-state index is 5.24. The molecule has 1 aromatic heterocycles. The molecule has 1 heterocycles. The van der Waals surface area contributed by atoms with Gasteiger partial charge in [0, 0.05) is 25.3 Å². The summed E-state index contributed by atoms with van der Waals surface area (Å²) in [6, 6.07) is 10.3. The molecular weight excluding hydrogens is 254 g/mol. The van der Waals surface area contributed by atoms with Crippen molar-refractivity contribution in [2.45, 2.75) is 25.9 Å². The maximum Gasteiger partial charge on any atom is 0.204 e. The van der Waals surface area contributed by atoms with Gasteiger partial charge in [-0.05, 0) is 5.21 Å². The number of ether oxygens (including phenoxy) is 1. The predicted molar refractivity (Wildman–Crippen MR) is 77.3 cm³/mol. The molecule has 0 aliphatic carbocycles. The minimum absolute atomic E-state index is 0.0346. The molecule has 0 spiro atoms. The summed E-state index contributed by atoms with van der Waals surface area (Å²) in [7, 11) is 1.68. The second kappa shape index (κ2) is 7.12. The number of hydrogen-bond donors (Lipinski definition) is 1. The van der Waals surface area contributed by atoms with E-state index in [0.29, 0.717) is 18.5 Å². The van der Waals surface area contributed by atoms with Crippen LogP contribution < -0.4 is 5.32 Å². The molecule has 20 heavy (non-hydrogen) atoms. The molecule has 0 bridgehead atoms. The molecule has 0 aliphatic rings. The molecule has 1 unspecified atom stereocenters. The number of aromatic nitrogens is 4. The van der Waals surface area contributed by atoms with Crippen LogP contribution in [0.2, 0.25) is 0 Å². The summed E-state index contributed by atoms with van der Waals surface area (Å²) < 4.78 is 5.24. The van der Waals surface area contributed by atoms with Crippen LogP contribution in [-0.4, -0.2) is 46.5 Å². The molecule has 2 aromatic rings. The summed E-state index contributed by atoms with van der Waals surface area (Å²) in [6.07, 6.45) is 0. The number of hydrogen-bond acceptors (Lipinski definition) is 5. The first-order valence-corrected chi connectivity index (χ1v) is 6.78. The molecule has 0 saturated heterocycles. The summed E-state index contributed by atoms with van der Waals surface area (Å²) in [5, 5.41) is 16.1. The van der Waals surface area contributed by atoms with E-state index >= 15 is 0 Å². The van der Waals surface area contributed by atoms with Crippen LogP contribution in [0.5, 0.6) is 0 Å². The van der Waals surface area contributed by atoms with Crippen LogP contribution in [0, 0.1) is 0 Å². The van der Waals surface area contributed by atoms with E-state index in [-0.39, 0.29) is 6.04 Å². The van der Waals surface area contributed by atoms with Gasteiger partial charge in [0.15, 0.2) is 0 Å². The van der Waals surface area contributed by atoms with Gasteiger partial charge in [-0.25, -0.2) is 0 Å². The van der Waals surface area contributed by atoms with Crippen molar-refractivity contribution < 1.29 is 4.74 Å². The second-order valence-corrected chi connectivity index (χ2v) is 4.97. The van der Waals surface area contributed by atoms with Gasteiger partial charge in [-0.3, -0.25) is 0 Å². The van der Waals surface area contributed by atoms with Crippen molar-refractivity contribution in [2.75, 3.05) is 20.3 Å². The molecule has 6 heteroatoms. The molecule has 0 amide bonds. The lowest BCUT2D eigenvalue weighted by Gasteiger charge is -2.16. The highest BCUT2D eigenvalue weighted by atomic mass is 16.5. The van der Waals surface area contributed by atoms with Gasteiger partial charge >= 0.3 is 0 Å². The Kier molecular flexibility index (Phi) is 5.20. The zero-order chi connectivity index (χ0) is 14.4. The van der Waals surface area contributed by atoms with E-state index in [1.807, 2.05) is 30.3 Å². The number of nitrogens with zero attached hydrogens (tertiary/aromatic N) is 4. The minimum atomic E-state index is 0.0346. The second-order valence-electron chi connectivity index (χ2n) is 4.97. The Morgan fingerprint density at radius 1 is 1.25 bits per heavy atom. The van der Waals surface area contributed by atoms with Gasteiger partial charge < -0.3 is 10.1 Å². The highest BCUT2D eigenvalue weighted by molar-refractivity contribution is 5.52. The van der Waals surface area contributed by atoms with Crippen molar-refractivity contribution in [1.29, 1.82) is 0 Å². The van der Waals surface area contributed by atoms with Crippen LogP contribution in [0.25, 0.3) is 11.4 Å². The van der Waals surface area contributed by atoms with Gasteiger partial charge in [0.2, 0.25) is 5.82 Å². The zero-order valence-corrected chi connectivity index (χ0v) is 12.2. The summed E-state index contributed by atoms with van der Waals surface area (Å²) in [5.74, 6) is 0.635. The first-order valence-electron chi connectivity index (χ1n) is 6.78. The van der Waals surface area contributed by atoms with E-state index < -0.39 is 0 Å². The Morgan fingerprint density at radius 2 is 2.00 bits per heavy atom. The third-order valence-electron chi connectivity index (χ3n) is 2.91. The third-order valence-corrected chi connectivity index (χ3v) is 2.91. The van der Waals surface area contributed by atoms with E-state index in [1.165, 1.54) is 0 Å². The summed E-state index contributed by atoms with van der Waals surface area (Å²) in [6.45, 7) is 5.50. The molecule has 0 radical (unpaired) electrons. The van der Waals surface area contributed by atoms with Crippen molar-refractivity contribution in [2.24, 2.45) is 0 Å². The number of nitrogens with one attached hydrogen (secondary N) is 1. The monoisotopic (exact) mass is 275 g/mol. The molecule has 1 atom stereocenters. The molecule has 0 aliphatic heterocycles. The number of benzene rings is 1. The van der Waals surface area contributed by atoms with Gasteiger partial charge in [0.1, 0.15) is 6.04 Å². The Morgan fingerprint density at radius 3 is 2.65 bits per heavy atom. The molecule has 108 valence electrons. The van der Waals surface area contributed by atoms with Gasteiger partial charge in [0.25, 0.3) is 0 Å². The smallest absolute Gasteiger partial charge is 0.204 e. The Balaban J connectivity index is 2.12. The standard InChI is InChI=1S/C14H21N5O/c1-11(2)15-9-13(10-20-3)19-17-14(16-18-19)12-7-5-4-6-8-12/h4-8,11,13,15H,9-10H2,1-3H3. The molecule has 2 rings (SSSR count). The van der Waals surface area contributed by atoms with Gasteiger partial charge in [0.05, 0.1) is 6.61 Å². The number of tetrazole rings is 1. The fourth-order valence-corrected chi connectivity index (χ4v) is 1.85. The van der Waals surface area contributed by atoms with Crippen molar-refractivity contribution in [3.8, 4) is 11.4 Å². The van der Waals surface area contributed by atoms with Crippen molar-refractivity contribution in [3.63, 3.8) is 0 Å². The van der Waals surface area contributed by atoms with E-state index in [9.17, 15) is 0 Å². The zero-order valence-electron chi connectivity index (χ0n) is 12.2. The van der Waals surface area contributed by atoms with Crippen LogP contribution in [-0.2, 0) is 4.74 Å². The van der Waals surface area contributed by atoms with Crippen molar-refractivity contribution in [3.05, 3.63) is 30.3 Å². The van der Waals surface area contributed by atoms with Crippen molar-refractivity contribution >= 4 is 0 Å². The van der Waals surface area contributed by atoms with Crippen LogP contribution >= 0.6 is 0 Å². The SMILES string of the molecule is COCC(CNC(C)C)n1nnc(-c2ccccc2)n1. The van der Waals surface area contributed by atoms with Crippen LogP contribution in [0.1, 0.15) is 19.9 Å². The molecule has 0 saturated carbocycles. The van der Waals surface area contributed by atoms with Crippen LogP contribution in [0.15, 0.2) is 30.3 Å². The first kappa shape index (κ1) is 14.6. The lowest BCUT2D eigenvalue weighted by atomic mass is 10.2. The predicted octanol–water partition coefficient (Wildman–Crippen LogP) is 1.53. The molecule has 0 fully saturated rings. The molecule has 1 N–H and O–H groups in total. The lowest BCUT2D eigenvalue weighted by molar-refractivity contribution is 0.139.